The van der Waals surface area contributed by atoms with Gasteiger partial charge in [0.15, 0.2) is 0 Å². The monoisotopic (exact) mass is 262 g/mol. The molecule has 1 heterocycles. The van der Waals surface area contributed by atoms with Gasteiger partial charge in [-0.25, -0.2) is 0 Å². The quantitative estimate of drug-likeness (QED) is 0.906. The van der Waals surface area contributed by atoms with Gasteiger partial charge in [0.05, 0.1) is 6.61 Å². The SMILES string of the molecule is CCOc1ccc(N2C(C)(C)CNCC2(C)C)cc1. The Balaban J connectivity index is 2.31. The van der Waals surface area contributed by atoms with Gasteiger partial charge in [-0.2, -0.15) is 0 Å². The third-order valence-corrected chi connectivity index (χ3v) is 3.73. The van der Waals surface area contributed by atoms with E-state index in [1.807, 2.05) is 6.92 Å². The van der Waals surface area contributed by atoms with E-state index in [4.69, 9.17) is 4.74 Å². The number of anilines is 1. The lowest BCUT2D eigenvalue weighted by Crippen LogP contribution is -2.68. The van der Waals surface area contributed by atoms with Gasteiger partial charge in [-0.05, 0) is 58.9 Å². The second kappa shape index (κ2) is 5.04. The summed E-state index contributed by atoms with van der Waals surface area (Å²) in [6, 6.07) is 8.46. The topological polar surface area (TPSA) is 24.5 Å². The van der Waals surface area contributed by atoms with Gasteiger partial charge in [-0.3, -0.25) is 0 Å². The number of benzene rings is 1. The zero-order valence-electron chi connectivity index (χ0n) is 12.8. The van der Waals surface area contributed by atoms with Crippen molar-refractivity contribution in [2.75, 3.05) is 24.6 Å². The van der Waals surface area contributed by atoms with Crippen LogP contribution < -0.4 is 15.0 Å². The van der Waals surface area contributed by atoms with Crippen LogP contribution in [0.15, 0.2) is 24.3 Å². The standard InChI is InChI=1S/C16H26N2O/c1-6-19-14-9-7-13(8-10-14)18-15(2,3)11-17-12-16(18,4)5/h7-10,17H,6,11-12H2,1-5H3. The molecule has 106 valence electrons. The predicted octanol–water partition coefficient (Wildman–Crippen LogP) is 3.05. The van der Waals surface area contributed by atoms with Crippen LogP contribution in [0.2, 0.25) is 0 Å². The molecule has 0 aromatic heterocycles. The molecule has 1 saturated heterocycles. The highest BCUT2D eigenvalue weighted by atomic mass is 16.5. The fraction of sp³-hybridized carbons (Fsp3) is 0.625. The summed E-state index contributed by atoms with van der Waals surface area (Å²) in [6.45, 7) is 13.9. The van der Waals surface area contributed by atoms with Crippen LogP contribution in [0.1, 0.15) is 34.6 Å². The maximum atomic E-state index is 5.52. The Labute approximate surface area is 116 Å². The first-order valence-corrected chi connectivity index (χ1v) is 7.11. The maximum absolute atomic E-state index is 5.52. The minimum atomic E-state index is 0.106. The molecule has 19 heavy (non-hydrogen) atoms. The van der Waals surface area contributed by atoms with Crippen LogP contribution in [0.3, 0.4) is 0 Å². The van der Waals surface area contributed by atoms with Crippen LogP contribution in [-0.4, -0.2) is 30.8 Å². The van der Waals surface area contributed by atoms with Gasteiger partial charge in [0.1, 0.15) is 5.75 Å². The van der Waals surface area contributed by atoms with Crippen LogP contribution in [0.5, 0.6) is 5.75 Å². The van der Waals surface area contributed by atoms with E-state index >= 15 is 0 Å². The Kier molecular flexibility index (Phi) is 3.77. The van der Waals surface area contributed by atoms with Gasteiger partial charge in [-0.1, -0.05) is 0 Å². The van der Waals surface area contributed by atoms with Crippen molar-refractivity contribution in [3.63, 3.8) is 0 Å². The van der Waals surface area contributed by atoms with Crippen molar-refractivity contribution in [3.8, 4) is 5.75 Å². The molecule has 1 fully saturated rings. The Morgan fingerprint density at radius 1 is 1.05 bits per heavy atom. The minimum Gasteiger partial charge on any atom is -0.494 e. The van der Waals surface area contributed by atoms with E-state index in [1.54, 1.807) is 0 Å². The summed E-state index contributed by atoms with van der Waals surface area (Å²) in [4.78, 5) is 2.52. The van der Waals surface area contributed by atoms with Crippen LogP contribution in [-0.2, 0) is 0 Å². The summed E-state index contributed by atoms with van der Waals surface area (Å²) in [5.74, 6) is 0.942. The molecule has 2 rings (SSSR count). The van der Waals surface area contributed by atoms with Crippen molar-refractivity contribution >= 4 is 5.69 Å². The van der Waals surface area contributed by atoms with Crippen molar-refractivity contribution < 1.29 is 4.74 Å². The van der Waals surface area contributed by atoms with Gasteiger partial charge in [0, 0.05) is 29.9 Å². The van der Waals surface area contributed by atoms with Crippen molar-refractivity contribution in [1.82, 2.24) is 5.32 Å². The number of hydrogen-bond donors (Lipinski definition) is 1. The molecule has 0 unspecified atom stereocenters. The minimum absolute atomic E-state index is 0.106. The Morgan fingerprint density at radius 2 is 1.58 bits per heavy atom. The van der Waals surface area contributed by atoms with Crippen molar-refractivity contribution in [1.29, 1.82) is 0 Å². The number of piperazine rings is 1. The lowest BCUT2D eigenvalue weighted by Gasteiger charge is -2.54. The second-order valence-corrected chi connectivity index (χ2v) is 6.49. The second-order valence-electron chi connectivity index (χ2n) is 6.49. The fourth-order valence-electron chi connectivity index (χ4n) is 3.21. The van der Waals surface area contributed by atoms with Crippen LogP contribution in [0, 0.1) is 0 Å². The molecular weight excluding hydrogens is 236 g/mol. The Bertz CT molecular complexity index is 407. The third-order valence-electron chi connectivity index (χ3n) is 3.73. The molecule has 0 saturated carbocycles. The molecule has 0 bridgehead atoms. The van der Waals surface area contributed by atoms with E-state index in [2.05, 4.69) is 62.2 Å². The maximum Gasteiger partial charge on any atom is 0.119 e. The van der Waals surface area contributed by atoms with E-state index in [0.717, 1.165) is 18.8 Å². The van der Waals surface area contributed by atoms with Crippen LogP contribution >= 0.6 is 0 Å². The summed E-state index contributed by atoms with van der Waals surface area (Å²) < 4.78 is 5.52. The molecule has 0 amide bonds. The number of nitrogens with zero attached hydrogens (tertiary/aromatic N) is 1. The summed E-state index contributed by atoms with van der Waals surface area (Å²) in [5.41, 5.74) is 1.48. The highest BCUT2D eigenvalue weighted by molar-refractivity contribution is 5.54. The number of nitrogens with one attached hydrogen (secondary N) is 1. The number of hydrogen-bond acceptors (Lipinski definition) is 3. The zero-order chi connectivity index (χ0) is 14.1. The summed E-state index contributed by atoms with van der Waals surface area (Å²) >= 11 is 0. The highest BCUT2D eigenvalue weighted by Gasteiger charge is 2.41. The molecule has 0 spiro atoms. The Morgan fingerprint density at radius 3 is 2.05 bits per heavy atom. The molecular formula is C16H26N2O. The fourth-order valence-corrected chi connectivity index (χ4v) is 3.21. The molecule has 3 nitrogen and oxygen atoms in total. The zero-order valence-corrected chi connectivity index (χ0v) is 12.8. The van der Waals surface area contributed by atoms with Gasteiger partial charge in [0.25, 0.3) is 0 Å². The average molecular weight is 262 g/mol. The third kappa shape index (κ3) is 2.86. The van der Waals surface area contributed by atoms with Gasteiger partial charge >= 0.3 is 0 Å². The van der Waals surface area contributed by atoms with E-state index in [9.17, 15) is 0 Å². The molecule has 0 aliphatic carbocycles. The van der Waals surface area contributed by atoms with Crippen LogP contribution in [0.25, 0.3) is 0 Å². The smallest absolute Gasteiger partial charge is 0.119 e. The van der Waals surface area contributed by atoms with Gasteiger partial charge in [-0.15, -0.1) is 0 Å². The van der Waals surface area contributed by atoms with E-state index in [0.29, 0.717) is 6.61 Å². The normalized spacial score (nSPS) is 21.2. The molecule has 1 aromatic carbocycles. The van der Waals surface area contributed by atoms with Crippen molar-refractivity contribution in [2.45, 2.75) is 45.7 Å². The molecule has 1 aliphatic heterocycles. The molecule has 0 atom stereocenters. The first kappa shape index (κ1) is 14.2. The lowest BCUT2D eigenvalue weighted by atomic mass is 9.88. The van der Waals surface area contributed by atoms with Crippen molar-refractivity contribution in [2.24, 2.45) is 0 Å². The highest BCUT2D eigenvalue weighted by Crippen LogP contribution is 2.35. The van der Waals surface area contributed by atoms with Crippen LogP contribution in [0.4, 0.5) is 5.69 Å². The molecule has 0 radical (unpaired) electrons. The Hall–Kier alpha value is -1.22. The van der Waals surface area contributed by atoms with Gasteiger partial charge in [0.2, 0.25) is 0 Å². The van der Waals surface area contributed by atoms with E-state index < -0.39 is 0 Å². The van der Waals surface area contributed by atoms with E-state index in [1.165, 1.54) is 5.69 Å². The average Bonchev–Trinajstić information content (AvgIpc) is 2.29. The molecule has 1 aromatic rings. The summed E-state index contributed by atoms with van der Waals surface area (Å²) in [6.07, 6.45) is 0. The predicted molar refractivity (Wildman–Crippen MR) is 81.1 cm³/mol. The van der Waals surface area contributed by atoms with Crippen molar-refractivity contribution in [3.05, 3.63) is 24.3 Å². The lowest BCUT2D eigenvalue weighted by molar-refractivity contribution is 0.263. The summed E-state index contributed by atoms with van der Waals surface area (Å²) in [7, 11) is 0. The molecule has 1 aliphatic rings. The number of ether oxygens (including phenoxy) is 1. The first-order chi connectivity index (χ1) is 8.87. The molecule has 3 heteroatoms. The summed E-state index contributed by atoms with van der Waals surface area (Å²) in [5, 5.41) is 3.53. The first-order valence-electron chi connectivity index (χ1n) is 7.11. The largest absolute Gasteiger partial charge is 0.494 e. The number of rotatable bonds is 3. The van der Waals surface area contributed by atoms with Gasteiger partial charge < -0.3 is 15.0 Å². The van der Waals surface area contributed by atoms with E-state index in [-0.39, 0.29) is 11.1 Å². The molecule has 1 N–H and O–H groups in total.